The van der Waals surface area contributed by atoms with Crippen LogP contribution in [0.3, 0.4) is 0 Å². The molecular weight excluding hydrogens is 177 g/mol. The zero-order valence-corrected chi connectivity index (χ0v) is 6.97. The maximum atomic E-state index is 11.9. The molecule has 0 spiro atoms. The third kappa shape index (κ3) is 2.01. The molecule has 4 heteroatoms. The Bertz CT molecular complexity index is 150. The van der Waals surface area contributed by atoms with Gasteiger partial charge >= 0.3 is 6.18 Å². The minimum absolute atomic E-state index is 0.133. The summed E-state index contributed by atoms with van der Waals surface area (Å²) in [5.74, 6) is 0.273. The predicted octanol–water partition coefficient (Wildman–Crippen LogP) is 3.20. The van der Waals surface area contributed by atoms with E-state index in [4.69, 9.17) is 11.6 Å². The van der Waals surface area contributed by atoms with E-state index in [9.17, 15) is 13.2 Å². The maximum absolute atomic E-state index is 11.9. The molecule has 1 aliphatic rings. The highest BCUT2D eigenvalue weighted by Gasteiger charge is 2.55. The third-order valence-electron chi connectivity index (χ3n) is 2.42. The molecular formula is C7H10ClF3. The van der Waals surface area contributed by atoms with E-state index in [2.05, 4.69) is 0 Å². The SMILES string of the molecule is CC1CC1(CCl)CC(F)(F)F. The molecule has 0 N–H and O–H groups in total. The molecule has 1 fully saturated rings. The van der Waals surface area contributed by atoms with Crippen molar-refractivity contribution >= 4 is 11.6 Å². The van der Waals surface area contributed by atoms with E-state index >= 15 is 0 Å². The third-order valence-corrected chi connectivity index (χ3v) is 2.95. The van der Waals surface area contributed by atoms with Crippen LogP contribution in [0.15, 0.2) is 0 Å². The lowest BCUT2D eigenvalue weighted by molar-refractivity contribution is -0.146. The Balaban J connectivity index is 2.48. The molecule has 0 radical (unpaired) electrons. The van der Waals surface area contributed by atoms with Gasteiger partial charge in [0.25, 0.3) is 0 Å². The van der Waals surface area contributed by atoms with Gasteiger partial charge in [-0.05, 0) is 17.8 Å². The fourth-order valence-corrected chi connectivity index (χ4v) is 1.90. The van der Waals surface area contributed by atoms with Crippen LogP contribution in [0.25, 0.3) is 0 Å². The second-order valence-electron chi connectivity index (χ2n) is 3.39. The average molecular weight is 187 g/mol. The average Bonchev–Trinajstić information content (AvgIpc) is 2.39. The van der Waals surface area contributed by atoms with E-state index in [-0.39, 0.29) is 11.8 Å². The van der Waals surface area contributed by atoms with E-state index < -0.39 is 18.0 Å². The molecule has 1 saturated carbocycles. The molecule has 0 nitrogen and oxygen atoms in total. The first-order chi connectivity index (χ1) is 4.90. The molecule has 0 heterocycles. The van der Waals surface area contributed by atoms with Gasteiger partial charge < -0.3 is 0 Å². The second-order valence-corrected chi connectivity index (χ2v) is 3.66. The van der Waals surface area contributed by atoms with E-state index in [1.807, 2.05) is 6.92 Å². The molecule has 0 saturated heterocycles. The van der Waals surface area contributed by atoms with Crippen LogP contribution >= 0.6 is 11.6 Å². The van der Waals surface area contributed by atoms with Gasteiger partial charge in [-0.1, -0.05) is 6.92 Å². The molecule has 0 bridgehead atoms. The summed E-state index contributed by atoms with van der Waals surface area (Å²) >= 11 is 5.46. The molecule has 2 unspecified atom stereocenters. The highest BCUT2D eigenvalue weighted by Crippen LogP contribution is 2.58. The van der Waals surface area contributed by atoms with E-state index in [1.54, 1.807) is 0 Å². The van der Waals surface area contributed by atoms with E-state index in [0.29, 0.717) is 6.42 Å². The van der Waals surface area contributed by atoms with Crippen molar-refractivity contribution in [3.8, 4) is 0 Å². The van der Waals surface area contributed by atoms with Crippen molar-refractivity contribution in [2.24, 2.45) is 11.3 Å². The van der Waals surface area contributed by atoms with Crippen molar-refractivity contribution in [1.82, 2.24) is 0 Å². The Kier molecular flexibility index (Phi) is 2.12. The zero-order valence-electron chi connectivity index (χ0n) is 6.21. The Morgan fingerprint density at radius 1 is 1.55 bits per heavy atom. The molecule has 0 amide bonds. The van der Waals surface area contributed by atoms with Gasteiger partial charge in [0.1, 0.15) is 0 Å². The first kappa shape index (κ1) is 9.17. The standard InChI is InChI=1S/C7H10ClF3/c1-5-2-6(5,4-8)3-7(9,10)11/h5H,2-4H2,1H3. The number of hydrogen-bond acceptors (Lipinski definition) is 0. The summed E-state index contributed by atoms with van der Waals surface area (Å²) in [6.45, 7) is 1.81. The topological polar surface area (TPSA) is 0 Å². The minimum Gasteiger partial charge on any atom is -0.171 e. The second kappa shape index (κ2) is 2.54. The van der Waals surface area contributed by atoms with Gasteiger partial charge in [-0.3, -0.25) is 0 Å². The summed E-state index contributed by atoms with van der Waals surface area (Å²) in [6.07, 6.45) is -4.15. The molecule has 0 aromatic heterocycles. The Morgan fingerprint density at radius 3 is 2.09 bits per heavy atom. The van der Waals surface area contributed by atoms with E-state index in [0.717, 1.165) is 0 Å². The van der Waals surface area contributed by atoms with Gasteiger partial charge in [0.05, 0.1) is 6.42 Å². The van der Waals surface area contributed by atoms with Gasteiger partial charge in [-0.15, -0.1) is 11.6 Å². The van der Waals surface area contributed by atoms with Crippen molar-refractivity contribution in [3.63, 3.8) is 0 Å². The van der Waals surface area contributed by atoms with Crippen LogP contribution in [0.4, 0.5) is 13.2 Å². The summed E-state index contributed by atoms with van der Waals surface area (Å²) in [5, 5.41) is 0. The number of rotatable bonds is 2. The van der Waals surface area contributed by atoms with Gasteiger partial charge in [0, 0.05) is 5.88 Å². The zero-order chi connectivity index (χ0) is 8.70. The summed E-state index contributed by atoms with van der Waals surface area (Å²) in [6, 6.07) is 0. The van der Waals surface area contributed by atoms with Gasteiger partial charge in [-0.25, -0.2) is 0 Å². The van der Waals surface area contributed by atoms with Crippen LogP contribution in [-0.2, 0) is 0 Å². The summed E-state index contributed by atoms with van der Waals surface area (Å²) in [4.78, 5) is 0. The van der Waals surface area contributed by atoms with Crippen LogP contribution in [0, 0.1) is 11.3 Å². The van der Waals surface area contributed by atoms with Crippen molar-refractivity contribution in [3.05, 3.63) is 0 Å². The minimum atomic E-state index is -4.06. The van der Waals surface area contributed by atoms with Crippen LogP contribution in [0.5, 0.6) is 0 Å². The highest BCUT2D eigenvalue weighted by molar-refractivity contribution is 6.18. The van der Waals surface area contributed by atoms with Crippen molar-refractivity contribution in [1.29, 1.82) is 0 Å². The maximum Gasteiger partial charge on any atom is 0.389 e. The fraction of sp³-hybridized carbons (Fsp3) is 1.00. The largest absolute Gasteiger partial charge is 0.389 e. The van der Waals surface area contributed by atoms with E-state index in [1.165, 1.54) is 0 Å². The molecule has 0 aromatic carbocycles. The summed E-state index contributed by atoms with van der Waals surface area (Å²) < 4.78 is 35.7. The normalized spacial score (nSPS) is 37.4. The van der Waals surface area contributed by atoms with Crippen molar-refractivity contribution in [2.75, 3.05) is 5.88 Å². The van der Waals surface area contributed by atoms with Crippen LogP contribution < -0.4 is 0 Å². The monoisotopic (exact) mass is 186 g/mol. The van der Waals surface area contributed by atoms with Gasteiger partial charge in [0.2, 0.25) is 0 Å². The lowest BCUT2D eigenvalue weighted by atomic mass is 10.0. The van der Waals surface area contributed by atoms with Gasteiger partial charge in [0.15, 0.2) is 0 Å². The highest BCUT2D eigenvalue weighted by atomic mass is 35.5. The molecule has 1 rings (SSSR count). The Hall–Kier alpha value is 0.0800. The van der Waals surface area contributed by atoms with Crippen LogP contribution in [0.1, 0.15) is 19.8 Å². The van der Waals surface area contributed by atoms with Crippen LogP contribution in [-0.4, -0.2) is 12.1 Å². The quantitative estimate of drug-likeness (QED) is 0.581. The number of alkyl halides is 4. The molecule has 11 heavy (non-hydrogen) atoms. The number of hydrogen-bond donors (Lipinski definition) is 0. The fourth-order valence-electron chi connectivity index (χ4n) is 1.43. The Labute approximate surface area is 68.7 Å². The first-order valence-electron chi connectivity index (χ1n) is 3.52. The summed E-state index contributed by atoms with van der Waals surface area (Å²) in [5.41, 5.74) is -0.625. The van der Waals surface area contributed by atoms with Crippen molar-refractivity contribution < 1.29 is 13.2 Å². The van der Waals surface area contributed by atoms with Gasteiger partial charge in [-0.2, -0.15) is 13.2 Å². The number of halogens is 4. The molecule has 2 atom stereocenters. The molecule has 0 aliphatic heterocycles. The lowest BCUT2D eigenvalue weighted by Gasteiger charge is -2.14. The Morgan fingerprint density at radius 2 is 2.00 bits per heavy atom. The predicted molar refractivity (Wildman–Crippen MR) is 37.6 cm³/mol. The lowest BCUT2D eigenvalue weighted by Crippen LogP contribution is -2.18. The molecule has 66 valence electrons. The molecule has 0 aromatic rings. The summed E-state index contributed by atoms with van der Waals surface area (Å²) in [7, 11) is 0. The van der Waals surface area contributed by atoms with Crippen LogP contribution in [0.2, 0.25) is 0 Å². The molecule has 1 aliphatic carbocycles. The van der Waals surface area contributed by atoms with Crippen molar-refractivity contribution in [2.45, 2.75) is 25.9 Å². The first-order valence-corrected chi connectivity index (χ1v) is 4.06. The smallest absolute Gasteiger partial charge is 0.171 e.